The van der Waals surface area contributed by atoms with Crippen LogP contribution in [0, 0.1) is 0 Å². The van der Waals surface area contributed by atoms with E-state index in [1.54, 1.807) is 14.2 Å². The lowest BCUT2D eigenvalue weighted by molar-refractivity contribution is -0.0891. The average molecular weight is 413 g/mol. The lowest BCUT2D eigenvalue weighted by Crippen LogP contribution is -2.44. The summed E-state index contributed by atoms with van der Waals surface area (Å²) in [6, 6.07) is 10.1. The molecule has 0 bridgehead atoms. The second kappa shape index (κ2) is 9.03. The van der Waals surface area contributed by atoms with Gasteiger partial charge in [-0.15, -0.1) is 0 Å². The third-order valence-corrected chi connectivity index (χ3v) is 5.72. The number of likely N-dealkylation sites (tertiary alicyclic amines) is 1. The fraction of sp³-hybridized carbons (Fsp3) is 0.524. The van der Waals surface area contributed by atoms with Gasteiger partial charge in [-0.3, -0.25) is 4.90 Å². The summed E-state index contributed by atoms with van der Waals surface area (Å²) in [4.78, 5) is 11.4. The second-order valence-electron chi connectivity index (χ2n) is 7.57. The Hall–Kier alpha value is -2.62. The van der Waals surface area contributed by atoms with E-state index in [0.717, 1.165) is 31.5 Å². The molecule has 1 aliphatic heterocycles. The minimum atomic E-state index is -0.575. The molecule has 3 aromatic rings. The minimum Gasteiger partial charge on any atom is -0.377 e. The summed E-state index contributed by atoms with van der Waals surface area (Å²) in [7, 11) is 3.31. The standard InChI is InChI=1S/C21H27N5O4/c1-15(19-22-18(14-27-2)25-29-19)26-11-9-21(28-3,10-12-26)20-23-17(24-30-20)13-16-7-5-4-6-8-16/h4-8,15H,9-14H2,1-3H3. The monoisotopic (exact) mass is 413 g/mol. The molecule has 0 spiro atoms. The van der Waals surface area contributed by atoms with Crippen molar-refractivity contribution in [3.63, 3.8) is 0 Å². The number of hydrogen-bond acceptors (Lipinski definition) is 9. The van der Waals surface area contributed by atoms with Gasteiger partial charge in [0.05, 0.1) is 6.04 Å². The van der Waals surface area contributed by atoms with Crippen LogP contribution in [0.1, 0.15) is 54.8 Å². The largest absolute Gasteiger partial charge is 0.377 e. The van der Waals surface area contributed by atoms with Crippen LogP contribution in [-0.4, -0.2) is 52.5 Å². The highest BCUT2D eigenvalue weighted by Crippen LogP contribution is 2.37. The molecular weight excluding hydrogens is 386 g/mol. The number of nitrogens with zero attached hydrogens (tertiary/aromatic N) is 5. The van der Waals surface area contributed by atoms with Crippen molar-refractivity contribution >= 4 is 0 Å². The van der Waals surface area contributed by atoms with Gasteiger partial charge in [-0.25, -0.2) is 0 Å². The Kier molecular flexibility index (Phi) is 6.21. The Balaban J connectivity index is 1.41. The van der Waals surface area contributed by atoms with Gasteiger partial charge >= 0.3 is 0 Å². The lowest BCUT2D eigenvalue weighted by atomic mass is 9.90. The fourth-order valence-corrected chi connectivity index (χ4v) is 3.85. The Labute approximate surface area is 175 Å². The van der Waals surface area contributed by atoms with Crippen LogP contribution in [0.2, 0.25) is 0 Å². The highest BCUT2D eigenvalue weighted by Gasteiger charge is 2.43. The molecule has 0 radical (unpaired) electrons. The van der Waals surface area contributed by atoms with Gasteiger partial charge in [0.1, 0.15) is 12.2 Å². The maximum Gasteiger partial charge on any atom is 0.258 e. The van der Waals surface area contributed by atoms with Gasteiger partial charge in [0.25, 0.3) is 5.89 Å². The van der Waals surface area contributed by atoms with Crippen molar-refractivity contribution in [3.05, 3.63) is 59.3 Å². The highest BCUT2D eigenvalue weighted by atomic mass is 16.5. The quantitative estimate of drug-likeness (QED) is 0.552. The predicted molar refractivity (Wildman–Crippen MR) is 106 cm³/mol. The van der Waals surface area contributed by atoms with Crippen molar-refractivity contribution < 1.29 is 18.5 Å². The first-order valence-corrected chi connectivity index (χ1v) is 10.1. The zero-order valence-electron chi connectivity index (χ0n) is 17.6. The zero-order chi connectivity index (χ0) is 21.0. The predicted octanol–water partition coefficient (Wildman–Crippen LogP) is 2.89. The lowest BCUT2D eigenvalue weighted by Gasteiger charge is -2.39. The molecule has 1 unspecified atom stereocenters. The normalized spacial score (nSPS) is 17.8. The molecule has 0 N–H and O–H groups in total. The van der Waals surface area contributed by atoms with E-state index in [9.17, 15) is 0 Å². The molecule has 1 atom stereocenters. The first-order valence-electron chi connectivity index (χ1n) is 10.1. The molecule has 1 fully saturated rings. The number of hydrogen-bond donors (Lipinski definition) is 0. The van der Waals surface area contributed by atoms with Crippen LogP contribution < -0.4 is 0 Å². The van der Waals surface area contributed by atoms with Crippen LogP contribution in [0.3, 0.4) is 0 Å². The summed E-state index contributed by atoms with van der Waals surface area (Å²) in [5.41, 5.74) is 0.571. The molecule has 0 aliphatic carbocycles. The first-order chi connectivity index (χ1) is 14.6. The van der Waals surface area contributed by atoms with E-state index in [4.69, 9.17) is 18.5 Å². The van der Waals surface area contributed by atoms with Gasteiger partial charge in [0, 0.05) is 33.7 Å². The molecular formula is C21H27N5O4. The third-order valence-electron chi connectivity index (χ3n) is 5.72. The molecule has 30 heavy (non-hydrogen) atoms. The number of benzene rings is 1. The van der Waals surface area contributed by atoms with Gasteiger partial charge in [-0.05, 0) is 25.3 Å². The fourth-order valence-electron chi connectivity index (χ4n) is 3.85. The Morgan fingerprint density at radius 1 is 1.03 bits per heavy atom. The summed E-state index contributed by atoms with van der Waals surface area (Å²) < 4.78 is 22.0. The van der Waals surface area contributed by atoms with Gasteiger partial charge in [-0.1, -0.05) is 40.6 Å². The summed E-state index contributed by atoms with van der Waals surface area (Å²) in [6.45, 7) is 3.97. The van der Waals surface area contributed by atoms with Gasteiger partial charge in [-0.2, -0.15) is 9.97 Å². The van der Waals surface area contributed by atoms with Crippen molar-refractivity contribution in [2.45, 2.75) is 44.4 Å². The summed E-state index contributed by atoms with van der Waals surface area (Å²) in [5, 5.41) is 8.13. The van der Waals surface area contributed by atoms with E-state index in [1.807, 2.05) is 18.2 Å². The average Bonchev–Trinajstić information content (AvgIpc) is 3.45. The summed E-state index contributed by atoms with van der Waals surface area (Å²) in [5.74, 6) is 2.36. The topological polar surface area (TPSA) is 99.5 Å². The van der Waals surface area contributed by atoms with E-state index in [1.165, 1.54) is 0 Å². The van der Waals surface area contributed by atoms with Crippen molar-refractivity contribution in [1.82, 2.24) is 25.2 Å². The van der Waals surface area contributed by atoms with E-state index in [-0.39, 0.29) is 6.04 Å². The minimum absolute atomic E-state index is 0.00860. The smallest absolute Gasteiger partial charge is 0.258 e. The van der Waals surface area contributed by atoms with Gasteiger partial charge in [0.15, 0.2) is 11.6 Å². The maximum atomic E-state index is 5.91. The molecule has 4 rings (SSSR count). The van der Waals surface area contributed by atoms with Crippen LogP contribution in [0.15, 0.2) is 39.4 Å². The third kappa shape index (κ3) is 4.28. The van der Waals surface area contributed by atoms with Crippen molar-refractivity contribution in [2.24, 2.45) is 0 Å². The summed E-state index contributed by atoms with van der Waals surface area (Å²) >= 11 is 0. The van der Waals surface area contributed by atoms with Gasteiger partial charge in [0.2, 0.25) is 5.89 Å². The Morgan fingerprint density at radius 3 is 2.47 bits per heavy atom. The molecule has 160 valence electrons. The van der Waals surface area contributed by atoms with E-state index in [0.29, 0.717) is 36.5 Å². The Bertz CT molecular complexity index is 934. The van der Waals surface area contributed by atoms with Crippen LogP contribution in [0.25, 0.3) is 0 Å². The zero-order valence-corrected chi connectivity index (χ0v) is 17.6. The van der Waals surface area contributed by atoms with Crippen molar-refractivity contribution in [2.75, 3.05) is 27.3 Å². The molecule has 9 heteroatoms. The molecule has 2 aromatic heterocycles. The van der Waals surface area contributed by atoms with Crippen LogP contribution in [-0.2, 0) is 28.1 Å². The van der Waals surface area contributed by atoms with Crippen LogP contribution >= 0.6 is 0 Å². The van der Waals surface area contributed by atoms with Crippen molar-refractivity contribution in [1.29, 1.82) is 0 Å². The van der Waals surface area contributed by atoms with Crippen LogP contribution in [0.5, 0.6) is 0 Å². The first kappa shape index (κ1) is 20.6. The highest BCUT2D eigenvalue weighted by molar-refractivity contribution is 5.19. The number of rotatable bonds is 8. The molecule has 1 aromatic carbocycles. The molecule has 9 nitrogen and oxygen atoms in total. The molecule has 0 amide bonds. The molecule has 1 saturated heterocycles. The molecule has 1 aliphatic rings. The van der Waals surface area contributed by atoms with E-state index < -0.39 is 5.60 Å². The SMILES string of the molecule is COCc1noc(C(C)N2CCC(OC)(c3nc(Cc4ccccc4)no3)CC2)n1. The molecule has 0 saturated carbocycles. The van der Waals surface area contributed by atoms with Crippen molar-refractivity contribution in [3.8, 4) is 0 Å². The van der Waals surface area contributed by atoms with E-state index >= 15 is 0 Å². The van der Waals surface area contributed by atoms with Crippen LogP contribution in [0.4, 0.5) is 0 Å². The second-order valence-corrected chi connectivity index (χ2v) is 7.57. The maximum absolute atomic E-state index is 5.91. The number of aromatic nitrogens is 4. The number of piperidine rings is 1. The molecule has 3 heterocycles. The Morgan fingerprint density at radius 2 is 1.77 bits per heavy atom. The number of ether oxygens (including phenoxy) is 2. The summed E-state index contributed by atoms with van der Waals surface area (Å²) in [6.07, 6.45) is 2.11. The number of methoxy groups -OCH3 is 2. The van der Waals surface area contributed by atoms with Gasteiger partial charge < -0.3 is 18.5 Å². The van der Waals surface area contributed by atoms with E-state index in [2.05, 4.69) is 44.2 Å².